The number of para-hydroxylation sites is 1. The standard InChI is InChI=1S/C19H18N4O/c24-19-11-16(12-23(19)17-6-2-1-3-7-17)9-15-5-4-8-18(10-15)22-13-20-21-14-22/h1-8,10,13-14,16H,9,11-12H2. The lowest BCUT2D eigenvalue weighted by atomic mass is 9.98. The molecule has 120 valence electrons. The molecule has 1 aromatic heterocycles. The van der Waals surface area contributed by atoms with Crippen molar-refractivity contribution in [3.05, 3.63) is 72.8 Å². The molecule has 4 rings (SSSR count). The highest BCUT2D eigenvalue weighted by molar-refractivity contribution is 5.95. The average Bonchev–Trinajstić information content (AvgIpc) is 3.26. The van der Waals surface area contributed by atoms with Crippen molar-refractivity contribution >= 4 is 11.6 Å². The van der Waals surface area contributed by atoms with E-state index in [9.17, 15) is 4.79 Å². The molecule has 0 radical (unpaired) electrons. The molecule has 1 atom stereocenters. The fraction of sp³-hybridized carbons (Fsp3) is 0.211. The molecule has 5 nitrogen and oxygen atoms in total. The molecule has 1 fully saturated rings. The summed E-state index contributed by atoms with van der Waals surface area (Å²) < 4.78 is 1.89. The lowest BCUT2D eigenvalue weighted by Crippen LogP contribution is -2.24. The maximum atomic E-state index is 12.3. The van der Waals surface area contributed by atoms with Gasteiger partial charge in [0, 0.05) is 24.3 Å². The first kappa shape index (κ1) is 14.6. The maximum absolute atomic E-state index is 12.3. The van der Waals surface area contributed by atoms with Gasteiger partial charge in [0.25, 0.3) is 0 Å². The molecular weight excluding hydrogens is 300 g/mol. The number of carbonyl (C=O) groups excluding carboxylic acids is 1. The van der Waals surface area contributed by atoms with E-state index in [-0.39, 0.29) is 5.91 Å². The molecule has 0 N–H and O–H groups in total. The van der Waals surface area contributed by atoms with Crippen LogP contribution in [0.5, 0.6) is 0 Å². The zero-order chi connectivity index (χ0) is 16.4. The van der Waals surface area contributed by atoms with Crippen LogP contribution in [0.1, 0.15) is 12.0 Å². The number of hydrogen-bond acceptors (Lipinski definition) is 3. The Kier molecular flexibility index (Phi) is 3.83. The summed E-state index contributed by atoms with van der Waals surface area (Å²) in [4.78, 5) is 14.2. The third-order valence-electron chi connectivity index (χ3n) is 4.42. The molecule has 1 unspecified atom stereocenters. The second-order valence-electron chi connectivity index (χ2n) is 6.15. The largest absolute Gasteiger partial charge is 0.312 e. The molecule has 1 saturated heterocycles. The summed E-state index contributed by atoms with van der Waals surface area (Å²) in [7, 11) is 0. The van der Waals surface area contributed by atoms with Crippen molar-refractivity contribution < 1.29 is 4.79 Å². The number of benzene rings is 2. The molecule has 3 aromatic rings. The monoisotopic (exact) mass is 318 g/mol. The van der Waals surface area contributed by atoms with Crippen LogP contribution < -0.4 is 4.90 Å². The van der Waals surface area contributed by atoms with Crippen LogP contribution in [0.25, 0.3) is 5.69 Å². The summed E-state index contributed by atoms with van der Waals surface area (Å²) in [6.07, 6.45) is 4.88. The lowest BCUT2D eigenvalue weighted by molar-refractivity contribution is -0.117. The maximum Gasteiger partial charge on any atom is 0.227 e. The molecule has 0 aliphatic carbocycles. The van der Waals surface area contributed by atoms with Gasteiger partial charge >= 0.3 is 0 Å². The van der Waals surface area contributed by atoms with Crippen molar-refractivity contribution in [2.24, 2.45) is 5.92 Å². The van der Waals surface area contributed by atoms with Gasteiger partial charge in [-0.1, -0.05) is 30.3 Å². The number of hydrogen-bond donors (Lipinski definition) is 0. The fourth-order valence-electron chi connectivity index (χ4n) is 3.29. The number of carbonyl (C=O) groups is 1. The van der Waals surface area contributed by atoms with Crippen LogP contribution in [-0.2, 0) is 11.2 Å². The highest BCUT2D eigenvalue weighted by Gasteiger charge is 2.30. The summed E-state index contributed by atoms with van der Waals surface area (Å²) in [5.74, 6) is 0.551. The van der Waals surface area contributed by atoms with Crippen LogP contribution >= 0.6 is 0 Å². The van der Waals surface area contributed by atoms with Gasteiger partial charge in [0.1, 0.15) is 12.7 Å². The van der Waals surface area contributed by atoms with Gasteiger partial charge in [0.2, 0.25) is 5.91 Å². The van der Waals surface area contributed by atoms with Gasteiger partial charge in [-0.15, -0.1) is 10.2 Å². The predicted octanol–water partition coefficient (Wildman–Crippen LogP) is 2.86. The van der Waals surface area contributed by atoms with Crippen molar-refractivity contribution in [3.8, 4) is 5.69 Å². The highest BCUT2D eigenvalue weighted by Crippen LogP contribution is 2.27. The van der Waals surface area contributed by atoms with Crippen LogP contribution in [0.2, 0.25) is 0 Å². The lowest BCUT2D eigenvalue weighted by Gasteiger charge is -2.16. The van der Waals surface area contributed by atoms with Crippen LogP contribution in [0, 0.1) is 5.92 Å². The second kappa shape index (κ2) is 6.28. The van der Waals surface area contributed by atoms with Gasteiger partial charge in [0.15, 0.2) is 0 Å². The minimum atomic E-state index is 0.209. The van der Waals surface area contributed by atoms with E-state index in [1.165, 1.54) is 5.56 Å². The van der Waals surface area contributed by atoms with Crippen molar-refractivity contribution in [3.63, 3.8) is 0 Å². The van der Waals surface area contributed by atoms with Crippen molar-refractivity contribution in [2.45, 2.75) is 12.8 Å². The number of nitrogens with zero attached hydrogens (tertiary/aromatic N) is 4. The number of anilines is 1. The summed E-state index contributed by atoms with van der Waals surface area (Å²) >= 11 is 0. The first-order valence-electron chi connectivity index (χ1n) is 8.09. The molecule has 0 saturated carbocycles. The van der Waals surface area contributed by atoms with Gasteiger partial charge < -0.3 is 4.90 Å². The summed E-state index contributed by atoms with van der Waals surface area (Å²) in [5, 5.41) is 7.69. The molecule has 0 spiro atoms. The SMILES string of the molecule is O=C1CC(Cc2cccc(-n3cnnc3)c2)CN1c1ccccc1. The molecule has 1 aliphatic heterocycles. The molecule has 5 heteroatoms. The van der Waals surface area contributed by atoms with Crippen molar-refractivity contribution in [1.29, 1.82) is 0 Å². The Morgan fingerprint density at radius 1 is 0.958 bits per heavy atom. The molecule has 1 amide bonds. The molecular formula is C19H18N4O. The topological polar surface area (TPSA) is 51.0 Å². The van der Waals surface area contributed by atoms with E-state index in [4.69, 9.17) is 0 Å². The third-order valence-corrected chi connectivity index (χ3v) is 4.42. The predicted molar refractivity (Wildman–Crippen MR) is 92.0 cm³/mol. The van der Waals surface area contributed by atoms with Crippen LogP contribution in [0.4, 0.5) is 5.69 Å². The Balaban J connectivity index is 1.49. The molecule has 1 aliphatic rings. The quantitative estimate of drug-likeness (QED) is 0.743. The first-order chi connectivity index (χ1) is 11.8. The fourth-order valence-corrected chi connectivity index (χ4v) is 3.29. The van der Waals surface area contributed by atoms with Gasteiger partial charge in [0.05, 0.1) is 0 Å². The van der Waals surface area contributed by atoms with Gasteiger partial charge in [-0.05, 0) is 42.2 Å². The average molecular weight is 318 g/mol. The number of aromatic nitrogens is 3. The Labute approximate surface area is 140 Å². The van der Waals surface area contributed by atoms with Gasteiger partial charge in [-0.25, -0.2) is 0 Å². The summed E-state index contributed by atoms with van der Waals surface area (Å²) in [6.45, 7) is 0.777. The van der Waals surface area contributed by atoms with E-state index >= 15 is 0 Å². The molecule has 24 heavy (non-hydrogen) atoms. The van der Waals surface area contributed by atoms with Crippen LogP contribution in [0.3, 0.4) is 0 Å². The number of rotatable bonds is 4. The van der Waals surface area contributed by atoms with Gasteiger partial charge in [-0.3, -0.25) is 9.36 Å². The van der Waals surface area contributed by atoms with Crippen molar-refractivity contribution in [1.82, 2.24) is 14.8 Å². The van der Waals surface area contributed by atoms with E-state index in [0.29, 0.717) is 12.3 Å². The Morgan fingerprint density at radius 2 is 1.71 bits per heavy atom. The minimum absolute atomic E-state index is 0.209. The van der Waals surface area contributed by atoms with Gasteiger partial charge in [-0.2, -0.15) is 0 Å². The number of amides is 1. The summed E-state index contributed by atoms with van der Waals surface area (Å²) in [5.41, 5.74) is 3.26. The second-order valence-corrected chi connectivity index (χ2v) is 6.15. The Bertz CT molecular complexity index is 830. The minimum Gasteiger partial charge on any atom is -0.312 e. The van der Waals surface area contributed by atoms with E-state index < -0.39 is 0 Å². The van der Waals surface area contributed by atoms with E-state index in [0.717, 1.165) is 24.3 Å². The smallest absolute Gasteiger partial charge is 0.227 e. The highest BCUT2D eigenvalue weighted by atomic mass is 16.2. The van der Waals surface area contributed by atoms with Crippen molar-refractivity contribution in [2.75, 3.05) is 11.4 Å². The normalized spacial score (nSPS) is 17.4. The summed E-state index contributed by atoms with van der Waals surface area (Å²) in [6, 6.07) is 18.2. The van der Waals surface area contributed by atoms with Crippen LogP contribution in [-0.4, -0.2) is 27.2 Å². The zero-order valence-corrected chi connectivity index (χ0v) is 13.2. The Morgan fingerprint density at radius 3 is 2.50 bits per heavy atom. The Hall–Kier alpha value is -2.95. The first-order valence-corrected chi connectivity index (χ1v) is 8.09. The zero-order valence-electron chi connectivity index (χ0n) is 13.2. The van der Waals surface area contributed by atoms with E-state index in [1.54, 1.807) is 12.7 Å². The molecule has 0 bridgehead atoms. The third kappa shape index (κ3) is 2.93. The molecule has 2 aromatic carbocycles. The molecule has 2 heterocycles. The van der Waals surface area contributed by atoms with E-state index in [2.05, 4.69) is 22.3 Å². The van der Waals surface area contributed by atoms with Crippen LogP contribution in [0.15, 0.2) is 67.3 Å². The van der Waals surface area contributed by atoms with E-state index in [1.807, 2.05) is 51.9 Å².